The Hall–Kier alpha value is -2.69. The fraction of sp³-hybridized carbons (Fsp3) is 0.0476. The Bertz CT molecular complexity index is 1080. The molecule has 1 amide bonds. The lowest BCUT2D eigenvalue weighted by Gasteiger charge is -2.17. The number of rotatable bonds is 3. The van der Waals surface area contributed by atoms with Crippen LogP contribution in [0.4, 0.5) is 15.8 Å². The number of carbonyl (C=O) groups excluding carboxylic acids is 1. The van der Waals surface area contributed by atoms with Gasteiger partial charge in [0.2, 0.25) is 0 Å². The second-order valence-corrected chi connectivity index (χ2v) is 6.87. The van der Waals surface area contributed by atoms with Gasteiger partial charge in [0.1, 0.15) is 11.5 Å². The number of para-hydroxylation sites is 1. The summed E-state index contributed by atoms with van der Waals surface area (Å²) in [6, 6.07) is 18.9. The Morgan fingerprint density at radius 1 is 0.926 bits per heavy atom. The molecule has 4 rings (SSSR count). The number of hydrogen-bond acceptors (Lipinski definition) is 2. The highest BCUT2D eigenvalue weighted by atomic mass is 35.5. The van der Waals surface area contributed by atoms with Crippen LogP contribution in [0.25, 0.3) is 0 Å². The standard InChI is InChI=1S/C21H13Cl2FN2O/c22-16-7-3-1-5-13(16)12-26-19-8-4-2-6-15(19)20(21(26)27)25-14-9-10-18(24)17(23)11-14/h1-11H,12H2. The normalized spacial score (nSPS) is 14.7. The lowest BCUT2D eigenvalue weighted by molar-refractivity contribution is -0.112. The van der Waals surface area contributed by atoms with Gasteiger partial charge in [-0.15, -0.1) is 0 Å². The summed E-state index contributed by atoms with van der Waals surface area (Å²) in [6.07, 6.45) is 0. The van der Waals surface area contributed by atoms with Crippen molar-refractivity contribution in [2.45, 2.75) is 6.54 Å². The van der Waals surface area contributed by atoms with E-state index in [9.17, 15) is 9.18 Å². The molecule has 0 saturated carbocycles. The van der Waals surface area contributed by atoms with Crippen molar-refractivity contribution in [1.82, 2.24) is 0 Å². The number of fused-ring (bicyclic) bond motifs is 1. The van der Waals surface area contributed by atoms with E-state index in [4.69, 9.17) is 23.2 Å². The lowest BCUT2D eigenvalue weighted by atomic mass is 10.1. The molecule has 134 valence electrons. The Balaban J connectivity index is 1.76. The lowest BCUT2D eigenvalue weighted by Crippen LogP contribution is -2.29. The van der Waals surface area contributed by atoms with Crippen molar-refractivity contribution in [3.05, 3.63) is 93.7 Å². The predicted octanol–water partition coefficient (Wildman–Crippen LogP) is 5.80. The van der Waals surface area contributed by atoms with Gasteiger partial charge >= 0.3 is 0 Å². The van der Waals surface area contributed by atoms with Gasteiger partial charge in [0, 0.05) is 10.6 Å². The number of hydrogen-bond donors (Lipinski definition) is 0. The zero-order valence-electron chi connectivity index (χ0n) is 14.0. The first-order valence-electron chi connectivity index (χ1n) is 8.23. The van der Waals surface area contributed by atoms with Crippen LogP contribution >= 0.6 is 23.2 Å². The predicted molar refractivity (Wildman–Crippen MR) is 107 cm³/mol. The van der Waals surface area contributed by atoms with Crippen molar-refractivity contribution in [1.29, 1.82) is 0 Å². The van der Waals surface area contributed by atoms with Gasteiger partial charge in [-0.1, -0.05) is 59.6 Å². The Morgan fingerprint density at radius 2 is 1.67 bits per heavy atom. The number of halogens is 3. The van der Waals surface area contributed by atoms with Crippen LogP contribution < -0.4 is 4.90 Å². The minimum atomic E-state index is -0.529. The topological polar surface area (TPSA) is 32.7 Å². The average Bonchev–Trinajstić information content (AvgIpc) is 2.92. The van der Waals surface area contributed by atoms with Crippen LogP contribution in [-0.2, 0) is 11.3 Å². The van der Waals surface area contributed by atoms with Crippen LogP contribution in [-0.4, -0.2) is 11.6 Å². The number of benzene rings is 3. The number of aliphatic imine (C=N–C) groups is 1. The molecule has 1 aliphatic heterocycles. The van der Waals surface area contributed by atoms with Crippen LogP contribution in [0.15, 0.2) is 71.7 Å². The molecule has 0 N–H and O–H groups in total. The van der Waals surface area contributed by atoms with E-state index in [2.05, 4.69) is 4.99 Å². The van der Waals surface area contributed by atoms with Crippen LogP contribution in [0.3, 0.4) is 0 Å². The minimum absolute atomic E-state index is 0.0384. The van der Waals surface area contributed by atoms with Gasteiger partial charge in [0.05, 0.1) is 22.9 Å². The third kappa shape index (κ3) is 3.34. The monoisotopic (exact) mass is 398 g/mol. The maximum Gasteiger partial charge on any atom is 0.277 e. The molecule has 0 fully saturated rings. The molecule has 1 heterocycles. The van der Waals surface area contributed by atoms with Gasteiger partial charge in [-0.05, 0) is 35.9 Å². The second kappa shape index (κ2) is 7.14. The third-order valence-corrected chi connectivity index (χ3v) is 4.99. The summed E-state index contributed by atoms with van der Waals surface area (Å²) in [7, 11) is 0. The van der Waals surface area contributed by atoms with E-state index in [0.717, 1.165) is 16.8 Å². The molecule has 0 aromatic heterocycles. The van der Waals surface area contributed by atoms with Gasteiger partial charge in [-0.25, -0.2) is 9.38 Å². The van der Waals surface area contributed by atoms with E-state index < -0.39 is 5.82 Å². The fourth-order valence-electron chi connectivity index (χ4n) is 3.01. The van der Waals surface area contributed by atoms with Gasteiger partial charge in [-0.3, -0.25) is 4.79 Å². The summed E-state index contributed by atoms with van der Waals surface area (Å²) in [6.45, 7) is 0.332. The zero-order chi connectivity index (χ0) is 19.0. The number of amides is 1. The summed E-state index contributed by atoms with van der Waals surface area (Å²) in [5.74, 6) is -0.768. The molecule has 3 aromatic rings. The summed E-state index contributed by atoms with van der Waals surface area (Å²) in [5, 5.41) is 0.557. The summed E-state index contributed by atoms with van der Waals surface area (Å²) in [5.41, 5.74) is 3.03. The number of carbonyl (C=O) groups is 1. The van der Waals surface area contributed by atoms with Crippen molar-refractivity contribution in [3.63, 3.8) is 0 Å². The van der Waals surface area contributed by atoms with Gasteiger partial charge in [-0.2, -0.15) is 0 Å². The van der Waals surface area contributed by atoms with Gasteiger partial charge in [0.25, 0.3) is 5.91 Å². The maximum absolute atomic E-state index is 13.4. The van der Waals surface area contributed by atoms with Crippen molar-refractivity contribution < 1.29 is 9.18 Å². The average molecular weight is 399 g/mol. The van der Waals surface area contributed by atoms with Crippen molar-refractivity contribution in [2.24, 2.45) is 4.99 Å². The summed E-state index contributed by atoms with van der Waals surface area (Å²) < 4.78 is 13.4. The zero-order valence-corrected chi connectivity index (χ0v) is 15.5. The van der Waals surface area contributed by atoms with E-state index in [-0.39, 0.29) is 10.9 Å². The molecule has 0 aliphatic carbocycles. The Kier molecular flexibility index (Phi) is 4.68. The number of nitrogens with zero attached hydrogens (tertiary/aromatic N) is 2. The van der Waals surface area contributed by atoms with E-state index in [0.29, 0.717) is 23.0 Å². The molecular formula is C21H13Cl2FN2O. The van der Waals surface area contributed by atoms with Gasteiger partial charge < -0.3 is 4.90 Å². The van der Waals surface area contributed by atoms with Crippen LogP contribution in [0.2, 0.25) is 10.0 Å². The molecule has 0 bridgehead atoms. The van der Waals surface area contributed by atoms with E-state index in [1.54, 1.807) is 11.0 Å². The van der Waals surface area contributed by atoms with Crippen molar-refractivity contribution in [2.75, 3.05) is 4.90 Å². The smallest absolute Gasteiger partial charge is 0.277 e. The van der Waals surface area contributed by atoms with E-state index in [1.807, 2.05) is 42.5 Å². The molecule has 0 radical (unpaired) electrons. The van der Waals surface area contributed by atoms with Crippen LogP contribution in [0.5, 0.6) is 0 Å². The molecule has 6 heteroatoms. The van der Waals surface area contributed by atoms with Gasteiger partial charge in [0.15, 0.2) is 0 Å². The molecule has 0 spiro atoms. The van der Waals surface area contributed by atoms with E-state index >= 15 is 0 Å². The van der Waals surface area contributed by atoms with Crippen molar-refractivity contribution >= 4 is 46.2 Å². The molecule has 3 nitrogen and oxygen atoms in total. The maximum atomic E-state index is 13.4. The molecular weight excluding hydrogens is 386 g/mol. The number of anilines is 1. The highest BCUT2D eigenvalue weighted by molar-refractivity contribution is 6.54. The minimum Gasteiger partial charge on any atom is -0.302 e. The molecule has 0 unspecified atom stereocenters. The molecule has 0 atom stereocenters. The Labute approximate surface area is 165 Å². The summed E-state index contributed by atoms with van der Waals surface area (Å²) in [4.78, 5) is 19.2. The highest BCUT2D eigenvalue weighted by Gasteiger charge is 2.34. The van der Waals surface area contributed by atoms with Crippen LogP contribution in [0, 0.1) is 5.82 Å². The molecule has 0 saturated heterocycles. The first-order chi connectivity index (χ1) is 13.0. The van der Waals surface area contributed by atoms with Crippen molar-refractivity contribution in [3.8, 4) is 0 Å². The largest absolute Gasteiger partial charge is 0.302 e. The Morgan fingerprint density at radius 3 is 2.44 bits per heavy atom. The molecule has 27 heavy (non-hydrogen) atoms. The first-order valence-corrected chi connectivity index (χ1v) is 8.98. The third-order valence-electron chi connectivity index (χ3n) is 4.33. The fourth-order valence-corrected chi connectivity index (χ4v) is 3.38. The van der Waals surface area contributed by atoms with E-state index in [1.165, 1.54) is 18.2 Å². The SMILES string of the molecule is O=C1C(=Nc2ccc(F)c(Cl)c2)c2ccccc2N1Cc1ccccc1Cl. The van der Waals surface area contributed by atoms with Crippen LogP contribution in [0.1, 0.15) is 11.1 Å². The summed E-state index contributed by atoms with van der Waals surface area (Å²) >= 11 is 12.1. The molecule has 1 aliphatic rings. The first kappa shape index (κ1) is 17.7. The highest BCUT2D eigenvalue weighted by Crippen LogP contribution is 2.33. The second-order valence-electron chi connectivity index (χ2n) is 6.06. The quantitative estimate of drug-likeness (QED) is 0.548. The molecule has 3 aromatic carbocycles.